The van der Waals surface area contributed by atoms with E-state index in [-0.39, 0.29) is 0 Å². The van der Waals surface area contributed by atoms with E-state index in [1.165, 1.54) is 12.8 Å². The summed E-state index contributed by atoms with van der Waals surface area (Å²) in [6.07, 6.45) is 8.67. The van der Waals surface area contributed by atoms with Crippen LogP contribution in [0, 0.1) is 0 Å². The smallest absolute Gasteiger partial charge is 0.241 e. The highest BCUT2D eigenvalue weighted by molar-refractivity contribution is 5.41. The number of imidazole rings is 1. The van der Waals surface area contributed by atoms with E-state index < -0.39 is 0 Å². The monoisotopic (exact) mass is 287 g/mol. The fourth-order valence-electron chi connectivity index (χ4n) is 2.52. The van der Waals surface area contributed by atoms with Crippen LogP contribution in [0.15, 0.2) is 18.7 Å². The first-order valence-electron chi connectivity index (χ1n) is 7.53. The topological polar surface area (TPSA) is 71.8 Å². The molecular weight excluding hydrogens is 266 g/mol. The van der Waals surface area contributed by atoms with Gasteiger partial charge in [-0.3, -0.25) is 4.57 Å². The number of nitrogens with one attached hydrogen (secondary N) is 1. The van der Waals surface area contributed by atoms with Gasteiger partial charge in [-0.05, 0) is 26.2 Å². The number of rotatable bonds is 5. The number of anilines is 2. The van der Waals surface area contributed by atoms with Gasteiger partial charge in [-0.1, -0.05) is 6.92 Å². The highest BCUT2D eigenvalue weighted by atomic mass is 15.4. The molecule has 1 atom stereocenters. The number of hydrogen-bond acceptors (Lipinski definition) is 6. The van der Waals surface area contributed by atoms with Crippen LogP contribution in [0.25, 0.3) is 5.95 Å². The molecule has 0 spiro atoms. The first kappa shape index (κ1) is 13.8. The van der Waals surface area contributed by atoms with E-state index >= 15 is 0 Å². The summed E-state index contributed by atoms with van der Waals surface area (Å²) in [5.74, 6) is 1.98. The van der Waals surface area contributed by atoms with Gasteiger partial charge in [-0.25, -0.2) is 4.98 Å². The highest BCUT2D eigenvalue weighted by Gasteiger charge is 2.24. The van der Waals surface area contributed by atoms with Crippen molar-refractivity contribution in [1.82, 2.24) is 24.5 Å². The molecule has 7 heteroatoms. The Kier molecular flexibility index (Phi) is 3.98. The third-order valence-electron chi connectivity index (χ3n) is 3.69. The Hall–Kier alpha value is -2.18. The van der Waals surface area contributed by atoms with Crippen LogP contribution < -0.4 is 10.2 Å². The molecule has 1 aliphatic rings. The Morgan fingerprint density at radius 1 is 1.29 bits per heavy atom. The van der Waals surface area contributed by atoms with E-state index in [0.29, 0.717) is 17.9 Å². The lowest BCUT2D eigenvalue weighted by molar-refractivity contribution is 0.710. The van der Waals surface area contributed by atoms with Crippen LogP contribution in [0.2, 0.25) is 0 Å². The molecule has 2 aromatic rings. The fraction of sp³-hybridized carbons (Fsp3) is 0.571. The van der Waals surface area contributed by atoms with E-state index in [0.717, 1.165) is 25.5 Å². The Balaban J connectivity index is 1.96. The quantitative estimate of drug-likeness (QED) is 0.905. The van der Waals surface area contributed by atoms with Crippen LogP contribution in [-0.2, 0) is 0 Å². The second-order valence-electron chi connectivity index (χ2n) is 5.34. The number of aromatic nitrogens is 5. The predicted molar refractivity (Wildman–Crippen MR) is 81.8 cm³/mol. The van der Waals surface area contributed by atoms with Gasteiger partial charge >= 0.3 is 0 Å². The maximum Gasteiger partial charge on any atom is 0.241 e. The molecule has 1 N–H and O–H groups in total. The van der Waals surface area contributed by atoms with Crippen molar-refractivity contribution < 1.29 is 0 Å². The summed E-state index contributed by atoms with van der Waals surface area (Å²) in [6, 6.07) is 0.474. The van der Waals surface area contributed by atoms with Crippen molar-refractivity contribution in [3.8, 4) is 5.95 Å². The third-order valence-corrected chi connectivity index (χ3v) is 3.69. The van der Waals surface area contributed by atoms with E-state index in [2.05, 4.69) is 44.0 Å². The van der Waals surface area contributed by atoms with Crippen molar-refractivity contribution in [1.29, 1.82) is 0 Å². The zero-order valence-electron chi connectivity index (χ0n) is 12.5. The molecule has 0 saturated carbocycles. The Bertz CT molecular complexity index is 581. The van der Waals surface area contributed by atoms with Gasteiger partial charge in [0.05, 0.1) is 0 Å². The molecule has 1 saturated heterocycles. The maximum absolute atomic E-state index is 4.60. The van der Waals surface area contributed by atoms with Gasteiger partial charge in [0.2, 0.25) is 17.8 Å². The molecule has 21 heavy (non-hydrogen) atoms. The SMILES string of the molecule is CCCNc1nc(N2CCCC2C)nc(-n2ccnc2)n1. The molecule has 1 unspecified atom stereocenters. The largest absolute Gasteiger partial charge is 0.354 e. The molecular formula is C14H21N7. The van der Waals surface area contributed by atoms with Gasteiger partial charge in [0, 0.05) is 31.5 Å². The molecule has 1 aliphatic heterocycles. The van der Waals surface area contributed by atoms with Crippen molar-refractivity contribution in [2.45, 2.75) is 39.2 Å². The minimum atomic E-state index is 0.474. The lowest BCUT2D eigenvalue weighted by Crippen LogP contribution is -2.29. The van der Waals surface area contributed by atoms with Crippen LogP contribution in [0.4, 0.5) is 11.9 Å². The van der Waals surface area contributed by atoms with Gasteiger partial charge in [-0.2, -0.15) is 15.0 Å². The summed E-state index contributed by atoms with van der Waals surface area (Å²) in [5, 5.41) is 3.25. The van der Waals surface area contributed by atoms with Crippen LogP contribution in [-0.4, -0.2) is 43.6 Å². The van der Waals surface area contributed by atoms with Crippen molar-refractivity contribution >= 4 is 11.9 Å². The van der Waals surface area contributed by atoms with Crippen molar-refractivity contribution in [2.75, 3.05) is 23.3 Å². The fourth-order valence-corrected chi connectivity index (χ4v) is 2.52. The van der Waals surface area contributed by atoms with Crippen molar-refractivity contribution in [3.05, 3.63) is 18.7 Å². The van der Waals surface area contributed by atoms with E-state index in [1.807, 2.05) is 10.8 Å². The highest BCUT2D eigenvalue weighted by Crippen LogP contribution is 2.23. The predicted octanol–water partition coefficient (Wildman–Crippen LogP) is 1.87. The lowest BCUT2D eigenvalue weighted by atomic mass is 10.2. The van der Waals surface area contributed by atoms with Crippen molar-refractivity contribution in [2.24, 2.45) is 0 Å². The molecule has 112 valence electrons. The van der Waals surface area contributed by atoms with Crippen molar-refractivity contribution in [3.63, 3.8) is 0 Å². The lowest BCUT2D eigenvalue weighted by Gasteiger charge is -2.22. The number of hydrogen-bond donors (Lipinski definition) is 1. The summed E-state index contributed by atoms with van der Waals surface area (Å²) < 4.78 is 1.81. The molecule has 3 rings (SSSR count). The second kappa shape index (κ2) is 6.07. The van der Waals surface area contributed by atoms with Gasteiger partial charge < -0.3 is 10.2 Å². The molecule has 0 aromatic carbocycles. The summed E-state index contributed by atoms with van der Waals surface area (Å²) in [4.78, 5) is 20.0. The first-order chi connectivity index (χ1) is 10.3. The normalized spacial score (nSPS) is 18.2. The summed E-state index contributed by atoms with van der Waals surface area (Å²) in [5.41, 5.74) is 0. The van der Waals surface area contributed by atoms with E-state index in [9.17, 15) is 0 Å². The minimum absolute atomic E-state index is 0.474. The van der Waals surface area contributed by atoms with Gasteiger partial charge in [0.15, 0.2) is 0 Å². The second-order valence-corrected chi connectivity index (χ2v) is 5.34. The molecule has 0 radical (unpaired) electrons. The molecule has 7 nitrogen and oxygen atoms in total. The molecule has 1 fully saturated rings. The summed E-state index contributed by atoms with van der Waals surface area (Å²) in [7, 11) is 0. The van der Waals surface area contributed by atoms with Crippen LogP contribution in [0.3, 0.4) is 0 Å². The molecule has 0 bridgehead atoms. The third kappa shape index (κ3) is 2.96. The minimum Gasteiger partial charge on any atom is -0.354 e. The van der Waals surface area contributed by atoms with Crippen LogP contribution in [0.1, 0.15) is 33.1 Å². The Labute approximate surface area is 124 Å². The maximum atomic E-state index is 4.60. The van der Waals surface area contributed by atoms with Crippen LogP contribution >= 0.6 is 0 Å². The molecule has 3 heterocycles. The zero-order valence-corrected chi connectivity index (χ0v) is 12.5. The average Bonchev–Trinajstić information content (AvgIpc) is 3.16. The Morgan fingerprint density at radius 3 is 2.81 bits per heavy atom. The van der Waals surface area contributed by atoms with Gasteiger partial charge in [-0.15, -0.1) is 0 Å². The molecule has 0 aliphatic carbocycles. The summed E-state index contributed by atoms with van der Waals surface area (Å²) >= 11 is 0. The van der Waals surface area contributed by atoms with Gasteiger partial charge in [0.1, 0.15) is 6.33 Å². The Morgan fingerprint density at radius 2 is 2.14 bits per heavy atom. The summed E-state index contributed by atoms with van der Waals surface area (Å²) in [6.45, 7) is 6.19. The first-order valence-corrected chi connectivity index (χ1v) is 7.53. The van der Waals surface area contributed by atoms with E-state index in [1.54, 1.807) is 12.5 Å². The van der Waals surface area contributed by atoms with E-state index in [4.69, 9.17) is 0 Å². The average molecular weight is 287 g/mol. The molecule has 0 amide bonds. The standard InChI is InChI=1S/C14H21N7/c1-3-6-16-12-17-13(20-9-7-15-10-20)19-14(18-12)21-8-4-5-11(21)2/h7,9-11H,3-6,8H2,1-2H3,(H,16,17,18,19). The zero-order chi connectivity index (χ0) is 14.7. The van der Waals surface area contributed by atoms with Crippen LogP contribution in [0.5, 0.6) is 0 Å². The molecule has 2 aromatic heterocycles. The number of nitrogens with zero attached hydrogens (tertiary/aromatic N) is 6. The van der Waals surface area contributed by atoms with Gasteiger partial charge in [0.25, 0.3) is 0 Å².